The molecule has 2 aliphatic rings. The molecule has 1 unspecified atom stereocenters. The molecule has 3 heterocycles. The molecule has 0 bridgehead atoms. The molecule has 0 aromatic carbocycles. The van der Waals surface area contributed by atoms with Crippen molar-refractivity contribution < 1.29 is 14.6 Å². The minimum absolute atomic E-state index is 0.153. The van der Waals surface area contributed by atoms with E-state index in [0.717, 1.165) is 43.1 Å². The van der Waals surface area contributed by atoms with E-state index in [0.29, 0.717) is 26.1 Å². The van der Waals surface area contributed by atoms with Crippen LogP contribution in [-0.2, 0) is 11.3 Å². The van der Waals surface area contributed by atoms with Crippen LogP contribution in [0.15, 0.2) is 6.20 Å². The molecule has 3 rings (SSSR count). The lowest BCUT2D eigenvalue weighted by Crippen LogP contribution is -2.42. The molecule has 6 heteroatoms. The number of ether oxygens (including phenoxy) is 1. The van der Waals surface area contributed by atoms with Gasteiger partial charge < -0.3 is 20.1 Å². The molecule has 0 spiro atoms. The fourth-order valence-electron chi connectivity index (χ4n) is 3.40. The molecule has 0 aliphatic carbocycles. The summed E-state index contributed by atoms with van der Waals surface area (Å²) in [4.78, 5) is 18.1. The van der Waals surface area contributed by atoms with Crippen molar-refractivity contribution in [2.75, 3.05) is 39.4 Å². The zero-order valence-corrected chi connectivity index (χ0v) is 13.1. The molecule has 122 valence electrons. The van der Waals surface area contributed by atoms with Crippen molar-refractivity contribution in [3.05, 3.63) is 23.0 Å². The number of carbonyl (C=O) groups is 1. The Bertz CT molecular complexity index is 523. The topological polar surface area (TPSA) is 77.6 Å². The van der Waals surface area contributed by atoms with Crippen molar-refractivity contribution in [3.63, 3.8) is 0 Å². The standard InChI is InChI=1S/C16H25N3O3/c1-11-7-18-14-9-17-8-12(16(21)15(11)14)6-13(20)10-19-2-4-22-5-3-19/h7,12-13,17-18,20H,2-6,8-10H2,1H3/t12-,13?/m1/s1. The van der Waals surface area contributed by atoms with Gasteiger partial charge in [-0.25, -0.2) is 0 Å². The van der Waals surface area contributed by atoms with Gasteiger partial charge in [0.2, 0.25) is 0 Å². The van der Waals surface area contributed by atoms with E-state index in [2.05, 4.69) is 15.2 Å². The normalized spacial score (nSPS) is 24.8. The van der Waals surface area contributed by atoms with E-state index in [-0.39, 0.29) is 11.7 Å². The maximum atomic E-state index is 12.7. The zero-order valence-electron chi connectivity index (χ0n) is 13.1. The Morgan fingerprint density at radius 3 is 3.00 bits per heavy atom. The van der Waals surface area contributed by atoms with Gasteiger partial charge in [-0.3, -0.25) is 9.69 Å². The smallest absolute Gasteiger partial charge is 0.169 e. The summed E-state index contributed by atoms with van der Waals surface area (Å²) in [6.07, 6.45) is 1.92. The fourth-order valence-corrected chi connectivity index (χ4v) is 3.40. The minimum Gasteiger partial charge on any atom is -0.392 e. The number of Topliss-reactive ketones (excluding diaryl/α,β-unsaturated/α-hetero) is 1. The lowest BCUT2D eigenvalue weighted by atomic mass is 9.91. The van der Waals surface area contributed by atoms with Crippen molar-refractivity contribution in [2.45, 2.75) is 26.0 Å². The number of carbonyl (C=O) groups excluding carboxylic acids is 1. The van der Waals surface area contributed by atoms with Crippen LogP contribution >= 0.6 is 0 Å². The quantitative estimate of drug-likeness (QED) is 0.746. The molecule has 6 nitrogen and oxygen atoms in total. The Kier molecular flexibility index (Phi) is 4.93. The van der Waals surface area contributed by atoms with Crippen molar-refractivity contribution >= 4 is 5.78 Å². The van der Waals surface area contributed by atoms with Gasteiger partial charge in [-0.1, -0.05) is 0 Å². The van der Waals surface area contributed by atoms with E-state index in [4.69, 9.17) is 4.74 Å². The maximum absolute atomic E-state index is 12.7. The predicted molar refractivity (Wildman–Crippen MR) is 82.9 cm³/mol. The van der Waals surface area contributed by atoms with Crippen LogP contribution in [0.4, 0.5) is 0 Å². The van der Waals surface area contributed by atoms with Crippen LogP contribution in [0.25, 0.3) is 0 Å². The highest BCUT2D eigenvalue weighted by Gasteiger charge is 2.30. The number of rotatable bonds is 4. The maximum Gasteiger partial charge on any atom is 0.169 e. The van der Waals surface area contributed by atoms with Gasteiger partial charge in [0.05, 0.1) is 19.3 Å². The molecular weight excluding hydrogens is 282 g/mol. The van der Waals surface area contributed by atoms with E-state index in [1.165, 1.54) is 0 Å². The Balaban J connectivity index is 1.61. The van der Waals surface area contributed by atoms with Gasteiger partial charge >= 0.3 is 0 Å². The van der Waals surface area contributed by atoms with Gasteiger partial charge in [0, 0.05) is 56.1 Å². The highest BCUT2D eigenvalue weighted by molar-refractivity contribution is 6.00. The van der Waals surface area contributed by atoms with Gasteiger partial charge in [0.15, 0.2) is 5.78 Å². The van der Waals surface area contributed by atoms with Crippen LogP contribution in [-0.4, -0.2) is 66.3 Å². The number of nitrogens with one attached hydrogen (secondary N) is 2. The third kappa shape index (κ3) is 3.41. The van der Waals surface area contributed by atoms with Crippen molar-refractivity contribution in [2.24, 2.45) is 5.92 Å². The molecule has 0 amide bonds. The molecule has 1 aromatic heterocycles. The van der Waals surface area contributed by atoms with E-state index < -0.39 is 6.10 Å². The van der Waals surface area contributed by atoms with Gasteiger partial charge in [-0.2, -0.15) is 0 Å². The molecule has 22 heavy (non-hydrogen) atoms. The number of aryl methyl sites for hydroxylation is 1. The number of ketones is 1. The largest absolute Gasteiger partial charge is 0.392 e. The Labute approximate surface area is 130 Å². The number of nitrogens with zero attached hydrogens (tertiary/aromatic N) is 1. The summed E-state index contributed by atoms with van der Waals surface area (Å²) in [5.41, 5.74) is 2.78. The number of aromatic amines is 1. The van der Waals surface area contributed by atoms with E-state index in [9.17, 15) is 9.90 Å². The molecule has 1 aromatic rings. The molecule has 0 saturated carbocycles. The van der Waals surface area contributed by atoms with Crippen LogP contribution in [0.2, 0.25) is 0 Å². The third-order valence-corrected chi connectivity index (χ3v) is 4.60. The number of aliphatic hydroxyl groups is 1. The molecular formula is C16H25N3O3. The molecule has 0 radical (unpaired) electrons. The number of morpholine rings is 1. The molecule has 2 atom stereocenters. The number of aliphatic hydroxyl groups excluding tert-OH is 1. The second-order valence-corrected chi connectivity index (χ2v) is 6.32. The second kappa shape index (κ2) is 6.91. The van der Waals surface area contributed by atoms with Crippen LogP contribution in [0.1, 0.15) is 28.0 Å². The molecule has 2 aliphatic heterocycles. The van der Waals surface area contributed by atoms with Gasteiger partial charge in [0.1, 0.15) is 0 Å². The number of hydrogen-bond donors (Lipinski definition) is 3. The average molecular weight is 307 g/mol. The summed E-state index contributed by atoms with van der Waals surface area (Å²) < 4.78 is 5.32. The van der Waals surface area contributed by atoms with Crippen molar-refractivity contribution in [1.82, 2.24) is 15.2 Å². The number of fused-ring (bicyclic) bond motifs is 1. The van der Waals surface area contributed by atoms with Gasteiger partial charge in [0.25, 0.3) is 0 Å². The van der Waals surface area contributed by atoms with E-state index in [1.807, 2.05) is 13.1 Å². The Morgan fingerprint density at radius 1 is 1.45 bits per heavy atom. The zero-order chi connectivity index (χ0) is 15.5. The summed E-state index contributed by atoms with van der Waals surface area (Å²) in [5, 5.41) is 13.7. The number of hydrogen-bond acceptors (Lipinski definition) is 5. The van der Waals surface area contributed by atoms with Crippen LogP contribution in [0.3, 0.4) is 0 Å². The summed E-state index contributed by atoms with van der Waals surface area (Å²) >= 11 is 0. The van der Waals surface area contributed by atoms with E-state index in [1.54, 1.807) is 0 Å². The average Bonchev–Trinajstić information content (AvgIpc) is 2.79. The van der Waals surface area contributed by atoms with Crippen LogP contribution in [0.5, 0.6) is 0 Å². The lowest BCUT2D eigenvalue weighted by Gasteiger charge is -2.29. The minimum atomic E-state index is -0.477. The first-order valence-corrected chi connectivity index (χ1v) is 8.05. The molecule has 1 fully saturated rings. The Hall–Kier alpha value is -1.21. The highest BCUT2D eigenvalue weighted by atomic mass is 16.5. The predicted octanol–water partition coefficient (Wildman–Crippen LogP) is 0.308. The lowest BCUT2D eigenvalue weighted by molar-refractivity contribution is 0.0101. The fraction of sp³-hybridized carbons (Fsp3) is 0.688. The summed E-state index contributed by atoms with van der Waals surface area (Å²) in [5.74, 6) is -0.00781. The first-order valence-electron chi connectivity index (χ1n) is 8.05. The van der Waals surface area contributed by atoms with Crippen LogP contribution in [0, 0.1) is 12.8 Å². The first kappa shape index (κ1) is 15.7. The van der Waals surface area contributed by atoms with Crippen molar-refractivity contribution in [3.8, 4) is 0 Å². The summed E-state index contributed by atoms with van der Waals surface area (Å²) in [6.45, 7) is 7.05. The Morgan fingerprint density at radius 2 is 2.23 bits per heavy atom. The van der Waals surface area contributed by atoms with Gasteiger partial charge in [-0.05, 0) is 18.9 Å². The SMILES string of the molecule is Cc1c[nH]c2c1C(=O)[C@H](CC(O)CN1CCOCC1)CNC2. The van der Waals surface area contributed by atoms with E-state index >= 15 is 0 Å². The van der Waals surface area contributed by atoms with Gasteiger partial charge in [-0.15, -0.1) is 0 Å². The number of H-pyrrole nitrogens is 1. The third-order valence-electron chi connectivity index (χ3n) is 4.60. The highest BCUT2D eigenvalue weighted by Crippen LogP contribution is 2.23. The van der Waals surface area contributed by atoms with Crippen molar-refractivity contribution in [1.29, 1.82) is 0 Å². The molecule has 3 N–H and O–H groups in total. The van der Waals surface area contributed by atoms with Crippen LogP contribution < -0.4 is 5.32 Å². The monoisotopic (exact) mass is 307 g/mol. The first-order chi connectivity index (χ1) is 10.6. The second-order valence-electron chi connectivity index (χ2n) is 6.32. The summed E-state index contributed by atoms with van der Waals surface area (Å²) in [6, 6.07) is 0. The number of aromatic nitrogens is 1. The number of β-amino-alcohol motifs (C(OH)–C–C–N with tert-alkyl or cyclic N) is 1. The molecule has 1 saturated heterocycles. The summed E-state index contributed by atoms with van der Waals surface area (Å²) in [7, 11) is 0.